The summed E-state index contributed by atoms with van der Waals surface area (Å²) in [5.41, 5.74) is 6.98. The van der Waals surface area contributed by atoms with Gasteiger partial charge in [-0.3, -0.25) is 4.79 Å². The number of benzene rings is 1. The molecule has 1 amide bonds. The molecule has 0 bridgehead atoms. The van der Waals surface area contributed by atoms with Gasteiger partial charge in [-0.2, -0.15) is 5.10 Å². The molecule has 0 spiro atoms. The molecular weight excluding hydrogens is 295 g/mol. The van der Waals surface area contributed by atoms with E-state index in [0.717, 1.165) is 19.3 Å². The average molecular weight is 316 g/mol. The van der Waals surface area contributed by atoms with E-state index in [4.69, 9.17) is 5.73 Å². The quantitative estimate of drug-likeness (QED) is 0.945. The van der Waals surface area contributed by atoms with Crippen LogP contribution in [0.5, 0.6) is 0 Å². The molecule has 1 aliphatic rings. The highest BCUT2D eigenvalue weighted by molar-refractivity contribution is 5.92. The fraction of sp³-hybridized carbons (Fsp3) is 0.412. The maximum atomic E-state index is 13.3. The highest BCUT2D eigenvalue weighted by atomic mass is 19.1. The molecule has 6 heteroatoms. The Kier molecular flexibility index (Phi) is 4.43. The highest BCUT2D eigenvalue weighted by Gasteiger charge is 2.30. The molecule has 0 aliphatic carbocycles. The topological polar surface area (TPSA) is 64.2 Å². The fourth-order valence-electron chi connectivity index (χ4n) is 3.10. The second kappa shape index (κ2) is 6.50. The van der Waals surface area contributed by atoms with Crippen molar-refractivity contribution in [2.75, 3.05) is 6.54 Å². The number of aromatic nitrogens is 2. The molecule has 1 saturated heterocycles. The van der Waals surface area contributed by atoms with Gasteiger partial charge in [-0.15, -0.1) is 0 Å². The van der Waals surface area contributed by atoms with Crippen molar-refractivity contribution in [2.45, 2.75) is 38.3 Å². The Labute approximate surface area is 134 Å². The first-order chi connectivity index (χ1) is 11.1. The molecule has 1 aromatic carbocycles. The van der Waals surface area contributed by atoms with Gasteiger partial charge in [0.1, 0.15) is 5.82 Å². The Morgan fingerprint density at radius 1 is 1.39 bits per heavy atom. The average Bonchev–Trinajstić information content (AvgIpc) is 3.04. The van der Waals surface area contributed by atoms with Crippen LogP contribution < -0.4 is 5.73 Å². The molecule has 122 valence electrons. The monoisotopic (exact) mass is 316 g/mol. The van der Waals surface area contributed by atoms with Gasteiger partial charge in [0.15, 0.2) is 5.69 Å². The number of carbonyl (C=O) groups is 1. The highest BCUT2D eigenvalue weighted by Crippen LogP contribution is 2.21. The van der Waals surface area contributed by atoms with E-state index in [9.17, 15) is 9.18 Å². The van der Waals surface area contributed by atoms with Gasteiger partial charge in [-0.25, -0.2) is 9.07 Å². The molecule has 0 unspecified atom stereocenters. The van der Waals surface area contributed by atoms with Crippen molar-refractivity contribution in [3.63, 3.8) is 0 Å². The summed E-state index contributed by atoms with van der Waals surface area (Å²) in [6.07, 6.45) is 4.67. The van der Waals surface area contributed by atoms with Gasteiger partial charge in [-0.1, -0.05) is 6.07 Å². The third-order valence-corrected chi connectivity index (χ3v) is 4.30. The summed E-state index contributed by atoms with van der Waals surface area (Å²) in [5.74, 6) is -0.443. The number of carbonyl (C=O) groups excluding carboxylic acids is 1. The minimum Gasteiger partial charge on any atom is -0.333 e. The van der Waals surface area contributed by atoms with Gasteiger partial charge in [0, 0.05) is 24.8 Å². The molecule has 5 nitrogen and oxygen atoms in total. The van der Waals surface area contributed by atoms with Crippen LogP contribution in [0.4, 0.5) is 4.39 Å². The first-order valence-corrected chi connectivity index (χ1v) is 7.94. The maximum absolute atomic E-state index is 13.3. The smallest absolute Gasteiger partial charge is 0.274 e. The number of nitrogens with zero attached hydrogens (tertiary/aromatic N) is 3. The van der Waals surface area contributed by atoms with Crippen LogP contribution in [-0.4, -0.2) is 39.2 Å². The zero-order chi connectivity index (χ0) is 16.4. The first-order valence-electron chi connectivity index (χ1n) is 7.94. The predicted octanol–water partition coefficient (Wildman–Crippen LogP) is 2.35. The molecule has 3 rings (SSSR count). The molecule has 1 fully saturated rings. The van der Waals surface area contributed by atoms with E-state index in [0.29, 0.717) is 17.9 Å². The first kappa shape index (κ1) is 15.7. The summed E-state index contributed by atoms with van der Waals surface area (Å²) in [7, 11) is 0. The number of piperidine rings is 1. The normalized spacial score (nSPS) is 19.6. The summed E-state index contributed by atoms with van der Waals surface area (Å²) < 4.78 is 14.8. The van der Waals surface area contributed by atoms with Crippen molar-refractivity contribution in [2.24, 2.45) is 5.73 Å². The summed E-state index contributed by atoms with van der Waals surface area (Å²) >= 11 is 0. The van der Waals surface area contributed by atoms with Crippen molar-refractivity contribution in [1.82, 2.24) is 14.7 Å². The van der Waals surface area contributed by atoms with Crippen molar-refractivity contribution in [3.8, 4) is 5.69 Å². The largest absolute Gasteiger partial charge is 0.333 e. The lowest BCUT2D eigenvalue weighted by Crippen LogP contribution is -2.51. The molecule has 2 N–H and O–H groups in total. The van der Waals surface area contributed by atoms with Crippen LogP contribution in [0.3, 0.4) is 0 Å². The van der Waals surface area contributed by atoms with E-state index >= 15 is 0 Å². The fourth-order valence-corrected chi connectivity index (χ4v) is 3.10. The van der Waals surface area contributed by atoms with Crippen LogP contribution in [-0.2, 0) is 0 Å². The van der Waals surface area contributed by atoms with Gasteiger partial charge < -0.3 is 10.6 Å². The predicted molar refractivity (Wildman–Crippen MR) is 85.8 cm³/mol. The number of rotatable bonds is 3. The molecule has 2 atom stereocenters. The van der Waals surface area contributed by atoms with Gasteiger partial charge in [0.25, 0.3) is 5.91 Å². The number of hydrogen-bond acceptors (Lipinski definition) is 3. The molecule has 1 aliphatic heterocycles. The lowest BCUT2D eigenvalue weighted by Gasteiger charge is -2.37. The number of amides is 1. The van der Waals surface area contributed by atoms with E-state index in [1.807, 2.05) is 11.8 Å². The maximum Gasteiger partial charge on any atom is 0.274 e. The minimum absolute atomic E-state index is 0.0515. The Hall–Kier alpha value is -2.21. The lowest BCUT2D eigenvalue weighted by atomic mass is 9.96. The van der Waals surface area contributed by atoms with E-state index in [1.165, 1.54) is 16.8 Å². The van der Waals surface area contributed by atoms with E-state index in [-0.39, 0.29) is 23.8 Å². The van der Waals surface area contributed by atoms with Crippen LogP contribution in [0.25, 0.3) is 5.69 Å². The lowest BCUT2D eigenvalue weighted by molar-refractivity contribution is 0.0577. The Bertz CT molecular complexity index is 697. The molecule has 0 radical (unpaired) electrons. The third kappa shape index (κ3) is 3.27. The SMILES string of the molecule is C[C@@H](N)[C@@H]1CCCCN1C(=O)c1ccn(-c2cccc(F)c2)n1. The van der Waals surface area contributed by atoms with Gasteiger partial charge in [0.2, 0.25) is 0 Å². The van der Waals surface area contributed by atoms with Crippen LogP contribution in [0.15, 0.2) is 36.5 Å². The van der Waals surface area contributed by atoms with Crippen molar-refractivity contribution in [1.29, 1.82) is 0 Å². The summed E-state index contributed by atoms with van der Waals surface area (Å²) in [5, 5.41) is 4.31. The van der Waals surface area contributed by atoms with Crippen LogP contribution in [0.2, 0.25) is 0 Å². The molecule has 2 aromatic rings. The van der Waals surface area contributed by atoms with Gasteiger partial charge in [-0.05, 0) is 50.5 Å². The van der Waals surface area contributed by atoms with Crippen LogP contribution >= 0.6 is 0 Å². The molecule has 23 heavy (non-hydrogen) atoms. The Morgan fingerprint density at radius 3 is 2.96 bits per heavy atom. The molecule has 0 saturated carbocycles. The van der Waals surface area contributed by atoms with Crippen molar-refractivity contribution < 1.29 is 9.18 Å². The van der Waals surface area contributed by atoms with E-state index < -0.39 is 0 Å². The zero-order valence-electron chi connectivity index (χ0n) is 13.2. The summed E-state index contributed by atoms with van der Waals surface area (Å²) in [6, 6.07) is 7.77. The zero-order valence-corrected chi connectivity index (χ0v) is 13.2. The van der Waals surface area contributed by atoms with E-state index in [2.05, 4.69) is 5.10 Å². The van der Waals surface area contributed by atoms with Gasteiger partial charge in [0.05, 0.1) is 5.69 Å². The number of nitrogens with two attached hydrogens (primary N) is 1. The van der Waals surface area contributed by atoms with Crippen molar-refractivity contribution >= 4 is 5.91 Å². The van der Waals surface area contributed by atoms with Crippen LogP contribution in [0, 0.1) is 5.82 Å². The molecular formula is C17H21FN4O. The molecule has 2 heterocycles. The van der Waals surface area contributed by atoms with Crippen LogP contribution in [0.1, 0.15) is 36.7 Å². The van der Waals surface area contributed by atoms with Crippen molar-refractivity contribution in [3.05, 3.63) is 48.0 Å². The Morgan fingerprint density at radius 2 is 2.22 bits per heavy atom. The number of likely N-dealkylation sites (tertiary alicyclic amines) is 1. The standard InChI is InChI=1S/C17H21FN4O/c1-12(19)16-7-2-3-9-21(16)17(23)15-8-10-22(20-15)14-6-4-5-13(18)11-14/h4-6,8,10-12,16H,2-3,7,9,19H2,1H3/t12-,16+/m1/s1. The summed E-state index contributed by atoms with van der Waals surface area (Å²) in [4.78, 5) is 14.6. The Balaban J connectivity index is 1.83. The van der Waals surface area contributed by atoms with E-state index in [1.54, 1.807) is 24.4 Å². The minimum atomic E-state index is -0.334. The second-order valence-corrected chi connectivity index (χ2v) is 6.05. The summed E-state index contributed by atoms with van der Waals surface area (Å²) in [6.45, 7) is 2.64. The number of hydrogen-bond donors (Lipinski definition) is 1. The molecule has 1 aromatic heterocycles. The third-order valence-electron chi connectivity index (χ3n) is 4.30. The second-order valence-electron chi connectivity index (χ2n) is 6.05. The van der Waals surface area contributed by atoms with Gasteiger partial charge >= 0.3 is 0 Å². The number of halogens is 1.